The van der Waals surface area contributed by atoms with Crippen LogP contribution in [0.15, 0.2) is 60.1 Å². The number of nitrogens with one attached hydrogen (secondary N) is 1. The summed E-state index contributed by atoms with van der Waals surface area (Å²) < 4.78 is 7.39. The molecule has 5 rings (SSSR count). The number of Topliss-reactive ketones (excluding diaryl/α,β-unsaturated/α-hetero) is 1. The van der Waals surface area contributed by atoms with Crippen molar-refractivity contribution in [3.8, 4) is 17.1 Å². The van der Waals surface area contributed by atoms with E-state index in [0.717, 1.165) is 11.4 Å². The van der Waals surface area contributed by atoms with E-state index in [1.165, 1.54) is 41.8 Å². The first-order chi connectivity index (χ1) is 17.5. The van der Waals surface area contributed by atoms with E-state index < -0.39 is 11.7 Å². The number of aromatic amines is 1. The molecule has 3 N–H and O–H groups in total. The van der Waals surface area contributed by atoms with Gasteiger partial charge in [0.25, 0.3) is 11.7 Å². The first-order valence-corrected chi connectivity index (χ1v) is 11.0. The summed E-state index contributed by atoms with van der Waals surface area (Å²) in [6.45, 7) is 4.37. The fourth-order valence-electron chi connectivity index (χ4n) is 4.21. The fourth-order valence-corrected chi connectivity index (χ4v) is 4.21. The number of aromatic nitrogens is 5. The third kappa shape index (κ3) is 3.88. The average molecular weight is 486 g/mol. The minimum Gasteiger partial charge on any atom is -0.494 e. The van der Waals surface area contributed by atoms with Crippen LogP contribution in [0.3, 0.4) is 0 Å². The lowest BCUT2D eigenvalue weighted by Crippen LogP contribution is -2.42. The van der Waals surface area contributed by atoms with Crippen LogP contribution in [-0.4, -0.2) is 61.7 Å². The number of ketones is 1. The van der Waals surface area contributed by atoms with Crippen molar-refractivity contribution in [1.29, 1.82) is 0 Å². The summed E-state index contributed by atoms with van der Waals surface area (Å²) in [6, 6.07) is 9.71. The maximum absolute atomic E-state index is 13.4. The maximum Gasteiger partial charge on any atom is 0.295 e. The summed E-state index contributed by atoms with van der Waals surface area (Å²) in [7, 11) is 1.46. The Morgan fingerprint density at radius 2 is 2.06 bits per heavy atom. The summed E-state index contributed by atoms with van der Waals surface area (Å²) in [5.74, 6) is 6.72. The van der Waals surface area contributed by atoms with Crippen LogP contribution in [-0.2, 0) is 17.9 Å². The van der Waals surface area contributed by atoms with Gasteiger partial charge < -0.3 is 19.2 Å². The lowest BCUT2D eigenvalue weighted by molar-refractivity contribution is -0.127. The van der Waals surface area contributed by atoms with Gasteiger partial charge in [0, 0.05) is 37.2 Å². The van der Waals surface area contributed by atoms with E-state index >= 15 is 0 Å². The van der Waals surface area contributed by atoms with Gasteiger partial charge in [-0.1, -0.05) is 30.3 Å². The summed E-state index contributed by atoms with van der Waals surface area (Å²) in [4.78, 5) is 39.0. The van der Waals surface area contributed by atoms with Crippen LogP contribution in [0.2, 0.25) is 0 Å². The standard InChI is InChI=1S/C24H23N9O3/c1-26-8-9-33(25)23-20-19(17(36-2)13-28-23)16(12-27-20)21(34)24(35)31-10-11-32-18(14-31)29-30-22(32)15-6-4-3-5-7-15/h3-9,12-13,27H,1,10-11,14,25H2,2H3/b9-8-. The molecule has 12 nitrogen and oxygen atoms in total. The van der Waals surface area contributed by atoms with Crippen LogP contribution >= 0.6 is 0 Å². The van der Waals surface area contributed by atoms with Crippen molar-refractivity contribution in [1.82, 2.24) is 29.6 Å². The van der Waals surface area contributed by atoms with Gasteiger partial charge in [0.15, 0.2) is 17.5 Å². The smallest absolute Gasteiger partial charge is 0.295 e. The van der Waals surface area contributed by atoms with Crippen molar-refractivity contribution in [2.75, 3.05) is 18.7 Å². The van der Waals surface area contributed by atoms with Crippen molar-refractivity contribution in [3.63, 3.8) is 0 Å². The van der Waals surface area contributed by atoms with Gasteiger partial charge in [-0.05, 0) is 6.72 Å². The number of pyridine rings is 1. The quantitative estimate of drug-likeness (QED) is 0.133. The van der Waals surface area contributed by atoms with Gasteiger partial charge in [-0.15, -0.1) is 10.2 Å². The number of hydrogen-bond donors (Lipinski definition) is 2. The number of nitrogens with zero attached hydrogens (tertiary/aromatic N) is 7. The Balaban J connectivity index is 1.43. The van der Waals surface area contributed by atoms with Crippen LogP contribution in [0.25, 0.3) is 22.3 Å². The van der Waals surface area contributed by atoms with E-state index in [1.54, 1.807) is 0 Å². The van der Waals surface area contributed by atoms with E-state index in [2.05, 4.69) is 31.9 Å². The molecular formula is C24H23N9O3. The highest BCUT2D eigenvalue weighted by molar-refractivity contribution is 6.45. The van der Waals surface area contributed by atoms with Crippen molar-refractivity contribution in [2.45, 2.75) is 13.1 Å². The molecule has 4 aromatic rings. The Hall–Kier alpha value is -4.84. The number of hydrazine groups is 1. The molecule has 0 radical (unpaired) electrons. The molecule has 0 atom stereocenters. The van der Waals surface area contributed by atoms with E-state index in [-0.39, 0.29) is 12.1 Å². The molecule has 182 valence electrons. The van der Waals surface area contributed by atoms with Crippen molar-refractivity contribution in [2.24, 2.45) is 10.8 Å². The van der Waals surface area contributed by atoms with Gasteiger partial charge in [-0.25, -0.2) is 10.8 Å². The van der Waals surface area contributed by atoms with Crippen LogP contribution in [0, 0.1) is 0 Å². The second-order valence-corrected chi connectivity index (χ2v) is 8.00. The number of nitrogens with two attached hydrogens (primary N) is 1. The number of hydrogen-bond acceptors (Lipinski definition) is 9. The number of H-pyrrole nitrogens is 1. The maximum atomic E-state index is 13.4. The van der Waals surface area contributed by atoms with Crippen molar-refractivity contribution in [3.05, 3.63) is 66.5 Å². The number of carbonyl (C=O) groups is 2. The second kappa shape index (κ2) is 9.43. The molecule has 36 heavy (non-hydrogen) atoms. The summed E-state index contributed by atoms with van der Waals surface area (Å²) in [6.07, 6.45) is 5.76. The predicted molar refractivity (Wildman–Crippen MR) is 133 cm³/mol. The van der Waals surface area contributed by atoms with Gasteiger partial charge in [0.2, 0.25) is 0 Å². The molecule has 0 aliphatic carbocycles. The Labute approximate surface area is 205 Å². The first kappa shape index (κ1) is 22.9. The number of fused-ring (bicyclic) bond motifs is 2. The van der Waals surface area contributed by atoms with Gasteiger partial charge in [0.1, 0.15) is 5.75 Å². The van der Waals surface area contributed by atoms with E-state index in [0.29, 0.717) is 41.4 Å². The summed E-state index contributed by atoms with van der Waals surface area (Å²) in [5.41, 5.74) is 1.54. The van der Waals surface area contributed by atoms with Crippen LogP contribution in [0.4, 0.5) is 5.82 Å². The molecule has 0 fully saturated rings. The Kier molecular flexibility index (Phi) is 6.00. The molecular weight excluding hydrogens is 462 g/mol. The Bertz CT molecular complexity index is 1490. The van der Waals surface area contributed by atoms with E-state index in [9.17, 15) is 9.59 Å². The number of methoxy groups -OCH3 is 1. The first-order valence-electron chi connectivity index (χ1n) is 11.0. The topological polar surface area (TPSA) is 148 Å². The third-order valence-electron chi connectivity index (χ3n) is 5.96. The zero-order chi connectivity index (χ0) is 25.2. The second-order valence-electron chi connectivity index (χ2n) is 8.00. The average Bonchev–Trinajstić information content (AvgIpc) is 3.55. The van der Waals surface area contributed by atoms with Gasteiger partial charge in [0.05, 0.1) is 36.3 Å². The van der Waals surface area contributed by atoms with Gasteiger partial charge in [-0.2, -0.15) is 0 Å². The lowest BCUT2D eigenvalue weighted by atomic mass is 10.1. The lowest BCUT2D eigenvalue weighted by Gasteiger charge is -2.27. The minimum absolute atomic E-state index is 0.159. The molecule has 1 amide bonds. The number of anilines is 1. The molecule has 1 aromatic carbocycles. The minimum atomic E-state index is -0.681. The molecule has 0 saturated heterocycles. The molecule has 4 heterocycles. The molecule has 3 aromatic heterocycles. The highest BCUT2D eigenvalue weighted by atomic mass is 16.5. The van der Waals surface area contributed by atoms with E-state index in [4.69, 9.17) is 10.6 Å². The van der Waals surface area contributed by atoms with Crippen molar-refractivity contribution < 1.29 is 14.3 Å². The number of aliphatic imine (C=N–C) groups is 1. The molecule has 1 aliphatic rings. The molecule has 0 saturated carbocycles. The number of benzene rings is 1. The number of rotatable bonds is 7. The van der Waals surface area contributed by atoms with Gasteiger partial charge in [-0.3, -0.25) is 19.6 Å². The zero-order valence-corrected chi connectivity index (χ0v) is 19.5. The normalized spacial score (nSPS) is 13.1. The van der Waals surface area contributed by atoms with E-state index in [1.807, 2.05) is 34.9 Å². The number of carbonyl (C=O) groups excluding carboxylic acids is 2. The zero-order valence-electron chi connectivity index (χ0n) is 19.5. The van der Waals surface area contributed by atoms with Crippen LogP contribution in [0.1, 0.15) is 16.2 Å². The molecule has 0 unspecified atom stereocenters. The van der Waals surface area contributed by atoms with Gasteiger partial charge >= 0.3 is 0 Å². The largest absolute Gasteiger partial charge is 0.494 e. The summed E-state index contributed by atoms with van der Waals surface area (Å²) in [5, 5.41) is 10.2. The molecule has 1 aliphatic heterocycles. The highest BCUT2D eigenvalue weighted by Gasteiger charge is 2.31. The molecule has 0 bridgehead atoms. The highest BCUT2D eigenvalue weighted by Crippen LogP contribution is 2.34. The Morgan fingerprint density at radius 3 is 2.81 bits per heavy atom. The van der Waals surface area contributed by atoms with Crippen molar-refractivity contribution >= 4 is 35.1 Å². The van der Waals surface area contributed by atoms with Crippen LogP contribution in [0.5, 0.6) is 5.75 Å². The molecule has 0 spiro atoms. The predicted octanol–water partition coefficient (Wildman–Crippen LogP) is 1.91. The number of ether oxygens (including phenoxy) is 1. The number of amides is 1. The SMILES string of the molecule is C=N/C=C\N(N)c1ncc(OC)c2c(C(=O)C(=O)N3CCn4c(nnc4-c4ccccc4)C3)c[nH]c12. The van der Waals surface area contributed by atoms with Crippen LogP contribution < -0.4 is 15.6 Å². The summed E-state index contributed by atoms with van der Waals surface area (Å²) >= 11 is 0. The Morgan fingerprint density at radius 1 is 1.25 bits per heavy atom. The molecule has 12 heteroatoms. The third-order valence-corrected chi connectivity index (χ3v) is 5.96. The fraction of sp³-hybridized carbons (Fsp3) is 0.167. The monoisotopic (exact) mass is 485 g/mol.